The molecule has 0 saturated carbocycles. The number of likely N-dealkylation sites (tertiary alicyclic amines) is 1. The Morgan fingerprint density at radius 3 is 2.35 bits per heavy atom. The highest BCUT2D eigenvalue weighted by Gasteiger charge is 2.36. The number of carboxylic acids is 1. The SMILES string of the molecule is CC(C)C[C@@H]1NC(=O)[C@@H](NC(=O)[C@@H]2CCCN2C)Cc2c([nH]c3ccccc23)SC[C@@H](C(=O)O)NC(=O)[C@H]([C@@H](C)O)NC(=O)[C@@H](C)NC1=O. The largest absolute Gasteiger partial charge is 0.480 e. The first-order valence-corrected chi connectivity index (χ1v) is 17.5. The number of H-pyrrole nitrogens is 1. The third-order valence-corrected chi connectivity index (χ3v) is 9.94. The van der Waals surface area contributed by atoms with Crippen LogP contribution < -0.4 is 26.6 Å². The molecule has 1 fully saturated rings. The predicted molar refractivity (Wildman–Crippen MR) is 182 cm³/mol. The van der Waals surface area contributed by atoms with Gasteiger partial charge in [-0.15, -0.1) is 11.8 Å². The second kappa shape index (κ2) is 16.5. The molecule has 0 radical (unpaired) electrons. The Morgan fingerprint density at radius 2 is 1.71 bits per heavy atom. The van der Waals surface area contributed by atoms with Gasteiger partial charge in [0, 0.05) is 23.1 Å². The summed E-state index contributed by atoms with van der Waals surface area (Å²) in [7, 11) is 1.84. The lowest BCUT2D eigenvalue weighted by atomic mass is 10.00. The minimum absolute atomic E-state index is 0.00335. The number of aliphatic hydroxyl groups is 1. The maximum atomic E-state index is 14.1. The molecule has 1 saturated heterocycles. The van der Waals surface area contributed by atoms with Crippen LogP contribution in [0.15, 0.2) is 29.3 Å². The van der Waals surface area contributed by atoms with Gasteiger partial charge in [0.25, 0.3) is 0 Å². The molecule has 4 rings (SSSR count). The molecule has 15 nitrogen and oxygen atoms in total. The third kappa shape index (κ3) is 9.51. The number of aromatic nitrogens is 1. The number of carbonyl (C=O) groups is 6. The Balaban J connectivity index is 1.78. The molecule has 8 N–H and O–H groups in total. The molecule has 2 aliphatic heterocycles. The molecule has 0 aliphatic carbocycles. The van der Waals surface area contributed by atoms with Crippen LogP contribution in [0.4, 0.5) is 0 Å². The average molecular weight is 702 g/mol. The van der Waals surface area contributed by atoms with Gasteiger partial charge in [-0.25, -0.2) is 4.79 Å². The van der Waals surface area contributed by atoms with Gasteiger partial charge in [-0.2, -0.15) is 0 Å². The second-order valence-corrected chi connectivity index (χ2v) is 14.3. The summed E-state index contributed by atoms with van der Waals surface area (Å²) in [6.45, 7) is 7.14. The van der Waals surface area contributed by atoms with Gasteiger partial charge in [-0.05, 0) is 64.3 Å². The molecule has 0 bridgehead atoms. The fraction of sp³-hybridized carbons (Fsp3) is 0.576. The highest BCUT2D eigenvalue weighted by Crippen LogP contribution is 2.31. The van der Waals surface area contributed by atoms with E-state index in [1.807, 2.05) is 50.1 Å². The zero-order chi connectivity index (χ0) is 36.0. The maximum Gasteiger partial charge on any atom is 0.327 e. The summed E-state index contributed by atoms with van der Waals surface area (Å²) in [5, 5.41) is 34.7. The third-order valence-electron chi connectivity index (χ3n) is 8.80. The number of thioether (sulfide) groups is 1. The Morgan fingerprint density at radius 1 is 1.00 bits per heavy atom. The molecule has 7 atom stereocenters. The van der Waals surface area contributed by atoms with E-state index in [4.69, 9.17) is 0 Å². The van der Waals surface area contributed by atoms with Gasteiger partial charge in [-0.1, -0.05) is 32.0 Å². The van der Waals surface area contributed by atoms with Crippen molar-refractivity contribution in [2.75, 3.05) is 19.3 Å². The van der Waals surface area contributed by atoms with Crippen molar-refractivity contribution in [1.29, 1.82) is 0 Å². The summed E-state index contributed by atoms with van der Waals surface area (Å²) < 4.78 is 0. The first-order chi connectivity index (χ1) is 23.2. The van der Waals surface area contributed by atoms with Crippen LogP contribution in [-0.4, -0.2) is 117 Å². The minimum Gasteiger partial charge on any atom is -0.480 e. The number of likely N-dealkylation sites (N-methyl/N-ethyl adjacent to an activating group) is 1. The van der Waals surface area contributed by atoms with Crippen LogP contribution in [0.25, 0.3) is 10.9 Å². The van der Waals surface area contributed by atoms with Crippen molar-refractivity contribution in [3.8, 4) is 0 Å². The van der Waals surface area contributed by atoms with Gasteiger partial charge in [-0.3, -0.25) is 28.9 Å². The predicted octanol–water partition coefficient (Wildman–Crippen LogP) is -0.134. The van der Waals surface area contributed by atoms with Gasteiger partial charge >= 0.3 is 5.97 Å². The van der Waals surface area contributed by atoms with Crippen molar-refractivity contribution < 1.29 is 39.0 Å². The number of nitrogens with one attached hydrogen (secondary N) is 6. The number of aliphatic carboxylic acids is 1. The standard InChI is InChI=1S/C33H47N7O8S/c1-16(2)13-22-28(43)34-17(3)27(42)39-26(18(4)41)31(46)37-24(33(47)48)15-49-32-20(19-9-6-7-10-21(19)38-32)14-23(29(44)35-22)36-30(45)25-11-8-12-40(25)5/h6-7,9-10,16-18,22-26,38,41H,8,11-15H2,1-5H3,(H,34,43)(H,35,44)(H,36,45)(H,37,46)(H,39,42)(H,47,48)/t17-,18-,22+,23+,24+,25+,26+/m1/s1. The highest BCUT2D eigenvalue weighted by atomic mass is 32.2. The first kappa shape index (κ1) is 37.7. The number of hydrogen-bond acceptors (Lipinski definition) is 9. The van der Waals surface area contributed by atoms with E-state index in [0.29, 0.717) is 22.5 Å². The summed E-state index contributed by atoms with van der Waals surface area (Å²) in [4.78, 5) is 85.0. The van der Waals surface area contributed by atoms with E-state index in [2.05, 4.69) is 31.6 Å². The lowest BCUT2D eigenvalue weighted by molar-refractivity contribution is -0.142. The number of nitrogens with zero attached hydrogens (tertiary/aromatic N) is 1. The Labute approximate surface area is 289 Å². The quantitative estimate of drug-likeness (QED) is 0.199. The van der Waals surface area contributed by atoms with E-state index in [0.717, 1.165) is 30.1 Å². The number of carbonyl (C=O) groups excluding carboxylic acids is 5. The zero-order valence-electron chi connectivity index (χ0n) is 28.4. The molecule has 0 spiro atoms. The molecule has 1 aromatic heterocycles. The second-order valence-electron chi connectivity index (χ2n) is 13.2. The van der Waals surface area contributed by atoms with Crippen LogP contribution in [0.3, 0.4) is 0 Å². The Hall–Kier alpha value is -4.15. The van der Waals surface area contributed by atoms with Crippen LogP contribution in [0.2, 0.25) is 0 Å². The molecule has 1 aromatic carbocycles. The van der Waals surface area contributed by atoms with Crippen LogP contribution in [0, 0.1) is 5.92 Å². The van der Waals surface area contributed by atoms with Crippen LogP contribution >= 0.6 is 11.8 Å². The number of hydrogen-bond donors (Lipinski definition) is 8. The fourth-order valence-corrected chi connectivity index (χ4v) is 7.17. The molecule has 0 unspecified atom stereocenters. The normalized spacial score (nSPS) is 27.2. The molecule has 268 valence electrons. The molecule has 16 heteroatoms. The zero-order valence-corrected chi connectivity index (χ0v) is 29.2. The van der Waals surface area contributed by atoms with E-state index in [-0.39, 0.29) is 30.4 Å². The molecule has 2 aromatic rings. The topological polar surface area (TPSA) is 222 Å². The molecular formula is C33H47N7O8S. The fourth-order valence-electron chi connectivity index (χ4n) is 6.07. The number of aromatic amines is 1. The van der Waals surface area contributed by atoms with Crippen molar-refractivity contribution in [1.82, 2.24) is 36.5 Å². The van der Waals surface area contributed by atoms with E-state index in [1.165, 1.54) is 13.8 Å². The average Bonchev–Trinajstić information content (AvgIpc) is 3.62. The number of amides is 5. The molecule has 2 aliphatic rings. The monoisotopic (exact) mass is 701 g/mol. The van der Waals surface area contributed by atoms with Crippen molar-refractivity contribution in [3.63, 3.8) is 0 Å². The van der Waals surface area contributed by atoms with Crippen molar-refractivity contribution in [2.24, 2.45) is 5.92 Å². The summed E-state index contributed by atoms with van der Waals surface area (Å²) in [5.41, 5.74) is 1.36. The van der Waals surface area contributed by atoms with Crippen LogP contribution in [-0.2, 0) is 35.2 Å². The van der Waals surface area contributed by atoms with Gasteiger partial charge in [0.2, 0.25) is 29.5 Å². The number of fused-ring (bicyclic) bond motifs is 3. The summed E-state index contributed by atoms with van der Waals surface area (Å²) in [6, 6.07) is 0.553. The number of benzene rings is 1. The lowest BCUT2D eigenvalue weighted by Gasteiger charge is -2.28. The highest BCUT2D eigenvalue weighted by molar-refractivity contribution is 7.99. The van der Waals surface area contributed by atoms with E-state index < -0.39 is 72.0 Å². The van der Waals surface area contributed by atoms with Gasteiger partial charge < -0.3 is 41.8 Å². The Kier molecular flexibility index (Phi) is 12.7. The molecule has 49 heavy (non-hydrogen) atoms. The Bertz CT molecular complexity index is 1560. The van der Waals surface area contributed by atoms with E-state index in [1.54, 1.807) is 0 Å². The maximum absolute atomic E-state index is 14.1. The van der Waals surface area contributed by atoms with Crippen LogP contribution in [0.5, 0.6) is 0 Å². The first-order valence-electron chi connectivity index (χ1n) is 16.5. The van der Waals surface area contributed by atoms with E-state index >= 15 is 0 Å². The van der Waals surface area contributed by atoms with Crippen molar-refractivity contribution >= 4 is 58.2 Å². The summed E-state index contributed by atoms with van der Waals surface area (Å²) in [6.07, 6.45) is 0.284. The van der Waals surface area contributed by atoms with Crippen molar-refractivity contribution in [3.05, 3.63) is 29.8 Å². The number of aliphatic hydroxyl groups excluding tert-OH is 1. The van der Waals surface area contributed by atoms with Gasteiger partial charge in [0.15, 0.2) is 0 Å². The van der Waals surface area contributed by atoms with Gasteiger partial charge in [0.05, 0.1) is 17.2 Å². The summed E-state index contributed by atoms with van der Waals surface area (Å²) >= 11 is 1.10. The molecule has 3 heterocycles. The van der Waals surface area contributed by atoms with Gasteiger partial charge in [0.1, 0.15) is 30.2 Å². The number of para-hydroxylation sites is 1. The summed E-state index contributed by atoms with van der Waals surface area (Å²) in [5.74, 6) is -4.84. The van der Waals surface area contributed by atoms with Crippen LogP contribution in [0.1, 0.15) is 52.5 Å². The van der Waals surface area contributed by atoms with Crippen molar-refractivity contribution in [2.45, 2.75) is 101 Å². The minimum atomic E-state index is -1.52. The van der Waals surface area contributed by atoms with E-state index in [9.17, 15) is 39.0 Å². The molecule has 5 amide bonds. The number of carboxylic acid groups (broad SMARTS) is 1. The smallest absolute Gasteiger partial charge is 0.327 e. The lowest BCUT2D eigenvalue weighted by Crippen LogP contribution is -2.60. The molecular weight excluding hydrogens is 654 g/mol. The number of rotatable bonds is 6.